The SMILES string of the molecule is COc1ccc2cccnc2c1NSc1ncccc1C1CC1. The first-order valence-electron chi connectivity index (χ1n) is 7.66. The van der Waals surface area contributed by atoms with E-state index < -0.39 is 0 Å². The monoisotopic (exact) mass is 323 g/mol. The summed E-state index contributed by atoms with van der Waals surface area (Å²) < 4.78 is 8.91. The molecule has 1 fully saturated rings. The van der Waals surface area contributed by atoms with E-state index in [4.69, 9.17) is 4.74 Å². The summed E-state index contributed by atoms with van der Waals surface area (Å²) in [7, 11) is 1.68. The molecular formula is C18H17N3OS. The van der Waals surface area contributed by atoms with Crippen LogP contribution in [0.4, 0.5) is 5.69 Å². The van der Waals surface area contributed by atoms with Gasteiger partial charge in [0.25, 0.3) is 0 Å². The maximum Gasteiger partial charge on any atom is 0.145 e. The van der Waals surface area contributed by atoms with Gasteiger partial charge in [0.05, 0.1) is 12.6 Å². The minimum atomic E-state index is 0.667. The third-order valence-corrected chi connectivity index (χ3v) is 4.86. The van der Waals surface area contributed by atoms with Gasteiger partial charge in [0.1, 0.15) is 16.5 Å². The van der Waals surface area contributed by atoms with E-state index in [1.54, 1.807) is 13.3 Å². The Morgan fingerprint density at radius 2 is 1.91 bits per heavy atom. The molecule has 2 aromatic heterocycles. The van der Waals surface area contributed by atoms with Crippen molar-refractivity contribution in [3.8, 4) is 5.75 Å². The zero-order valence-electron chi connectivity index (χ0n) is 12.8. The Hall–Kier alpha value is -2.27. The van der Waals surface area contributed by atoms with Gasteiger partial charge in [0.15, 0.2) is 0 Å². The quantitative estimate of drug-likeness (QED) is 0.693. The first-order valence-corrected chi connectivity index (χ1v) is 8.48. The highest BCUT2D eigenvalue weighted by Gasteiger charge is 2.26. The van der Waals surface area contributed by atoms with Crippen LogP contribution in [0.5, 0.6) is 5.75 Å². The van der Waals surface area contributed by atoms with Crippen molar-refractivity contribution in [3.63, 3.8) is 0 Å². The maximum atomic E-state index is 5.50. The molecule has 1 N–H and O–H groups in total. The summed E-state index contributed by atoms with van der Waals surface area (Å²) in [5, 5.41) is 2.12. The van der Waals surface area contributed by atoms with Gasteiger partial charge in [-0.1, -0.05) is 12.1 Å². The highest BCUT2D eigenvalue weighted by atomic mass is 32.2. The molecule has 116 valence electrons. The second-order valence-electron chi connectivity index (χ2n) is 5.59. The number of rotatable bonds is 5. The zero-order chi connectivity index (χ0) is 15.6. The van der Waals surface area contributed by atoms with Crippen molar-refractivity contribution in [2.45, 2.75) is 23.8 Å². The first-order chi connectivity index (χ1) is 11.4. The molecule has 0 saturated heterocycles. The average Bonchev–Trinajstić information content (AvgIpc) is 3.44. The van der Waals surface area contributed by atoms with E-state index >= 15 is 0 Å². The fourth-order valence-electron chi connectivity index (χ4n) is 2.69. The predicted molar refractivity (Wildman–Crippen MR) is 94.0 cm³/mol. The molecule has 0 amide bonds. The number of methoxy groups -OCH3 is 1. The number of ether oxygens (including phenoxy) is 1. The molecule has 5 heteroatoms. The van der Waals surface area contributed by atoms with E-state index in [1.807, 2.05) is 36.5 Å². The van der Waals surface area contributed by atoms with Crippen molar-refractivity contribution < 1.29 is 4.74 Å². The normalized spacial score (nSPS) is 14.0. The van der Waals surface area contributed by atoms with Crippen LogP contribution in [0.2, 0.25) is 0 Å². The third kappa shape index (κ3) is 2.84. The fourth-order valence-corrected chi connectivity index (χ4v) is 3.55. The number of benzene rings is 1. The van der Waals surface area contributed by atoms with Crippen molar-refractivity contribution >= 4 is 28.5 Å². The Kier molecular flexibility index (Phi) is 3.79. The van der Waals surface area contributed by atoms with Crippen LogP contribution in [0.1, 0.15) is 24.3 Å². The van der Waals surface area contributed by atoms with E-state index in [1.165, 1.54) is 30.4 Å². The molecule has 0 radical (unpaired) electrons. The summed E-state index contributed by atoms with van der Waals surface area (Å²) in [4.78, 5) is 9.03. The number of anilines is 1. The molecule has 2 heterocycles. The molecule has 23 heavy (non-hydrogen) atoms. The zero-order valence-corrected chi connectivity index (χ0v) is 13.6. The van der Waals surface area contributed by atoms with Gasteiger partial charge in [0, 0.05) is 29.7 Å². The maximum absolute atomic E-state index is 5.50. The molecular weight excluding hydrogens is 306 g/mol. The van der Waals surface area contributed by atoms with Crippen LogP contribution in [-0.2, 0) is 0 Å². The van der Waals surface area contributed by atoms with E-state index in [-0.39, 0.29) is 0 Å². The molecule has 3 aromatic rings. The Bertz CT molecular complexity index is 849. The summed E-state index contributed by atoms with van der Waals surface area (Å²) in [6.45, 7) is 0. The number of nitrogens with one attached hydrogen (secondary N) is 1. The molecule has 4 nitrogen and oxygen atoms in total. The summed E-state index contributed by atoms with van der Waals surface area (Å²) in [5.74, 6) is 1.45. The van der Waals surface area contributed by atoms with E-state index in [0.717, 1.165) is 27.4 Å². The van der Waals surface area contributed by atoms with E-state index in [0.29, 0.717) is 5.92 Å². The number of fused-ring (bicyclic) bond motifs is 1. The summed E-state index contributed by atoms with van der Waals surface area (Å²) in [6.07, 6.45) is 6.17. The predicted octanol–water partition coefficient (Wildman–Crippen LogP) is 4.64. The van der Waals surface area contributed by atoms with Crippen LogP contribution in [0.3, 0.4) is 0 Å². The highest BCUT2D eigenvalue weighted by molar-refractivity contribution is 8.00. The average molecular weight is 323 g/mol. The van der Waals surface area contributed by atoms with E-state index in [9.17, 15) is 0 Å². The molecule has 0 unspecified atom stereocenters. The van der Waals surface area contributed by atoms with Crippen LogP contribution >= 0.6 is 11.9 Å². The van der Waals surface area contributed by atoms with Crippen molar-refractivity contribution in [2.75, 3.05) is 11.8 Å². The molecule has 0 spiro atoms. The van der Waals surface area contributed by atoms with Crippen LogP contribution in [0.25, 0.3) is 10.9 Å². The van der Waals surface area contributed by atoms with Gasteiger partial charge in [-0.2, -0.15) is 0 Å². The first kappa shape index (κ1) is 14.3. The minimum absolute atomic E-state index is 0.667. The van der Waals surface area contributed by atoms with Crippen LogP contribution in [0.15, 0.2) is 53.8 Å². The lowest BCUT2D eigenvalue weighted by molar-refractivity contribution is 0.417. The lowest BCUT2D eigenvalue weighted by atomic mass is 10.2. The smallest absolute Gasteiger partial charge is 0.145 e. The Balaban J connectivity index is 1.68. The Morgan fingerprint density at radius 1 is 1.09 bits per heavy atom. The number of pyridine rings is 2. The van der Waals surface area contributed by atoms with Gasteiger partial charge < -0.3 is 9.46 Å². The largest absolute Gasteiger partial charge is 0.494 e. The van der Waals surface area contributed by atoms with Crippen molar-refractivity contribution in [3.05, 3.63) is 54.4 Å². The second-order valence-corrected chi connectivity index (χ2v) is 6.39. The van der Waals surface area contributed by atoms with Gasteiger partial charge in [-0.05, 0) is 48.6 Å². The minimum Gasteiger partial charge on any atom is -0.494 e. The lowest BCUT2D eigenvalue weighted by Gasteiger charge is -2.13. The summed E-state index contributed by atoms with van der Waals surface area (Å²) in [5.41, 5.74) is 3.13. The fraction of sp³-hybridized carbons (Fsp3) is 0.222. The van der Waals surface area contributed by atoms with Gasteiger partial charge in [0.2, 0.25) is 0 Å². The van der Waals surface area contributed by atoms with Crippen LogP contribution in [0, 0.1) is 0 Å². The van der Waals surface area contributed by atoms with Gasteiger partial charge in [-0.25, -0.2) is 4.98 Å². The number of hydrogen-bond acceptors (Lipinski definition) is 5. The van der Waals surface area contributed by atoms with E-state index in [2.05, 4.69) is 20.8 Å². The van der Waals surface area contributed by atoms with Crippen LogP contribution < -0.4 is 9.46 Å². The van der Waals surface area contributed by atoms with Crippen LogP contribution in [-0.4, -0.2) is 17.1 Å². The summed E-state index contributed by atoms with van der Waals surface area (Å²) in [6, 6.07) is 12.2. The van der Waals surface area contributed by atoms with Crippen molar-refractivity contribution in [1.29, 1.82) is 0 Å². The van der Waals surface area contributed by atoms with Gasteiger partial charge in [-0.3, -0.25) is 4.98 Å². The Labute approximate surface area is 139 Å². The van der Waals surface area contributed by atoms with Gasteiger partial charge >= 0.3 is 0 Å². The molecule has 1 aliphatic rings. The van der Waals surface area contributed by atoms with Crippen molar-refractivity contribution in [1.82, 2.24) is 9.97 Å². The third-order valence-electron chi connectivity index (χ3n) is 4.02. The standard InChI is InChI=1S/C18H17N3OS/c1-22-15-9-8-13-4-2-10-19-16(13)17(15)21-23-18-14(12-6-7-12)5-3-11-20-18/h2-5,8-12,21H,6-7H2,1H3. The summed E-state index contributed by atoms with van der Waals surface area (Å²) >= 11 is 1.53. The van der Waals surface area contributed by atoms with Gasteiger partial charge in [-0.15, -0.1) is 0 Å². The highest BCUT2D eigenvalue weighted by Crippen LogP contribution is 2.44. The molecule has 1 aromatic carbocycles. The second kappa shape index (κ2) is 6.08. The van der Waals surface area contributed by atoms with Crippen molar-refractivity contribution in [2.24, 2.45) is 0 Å². The topological polar surface area (TPSA) is 47.0 Å². The molecule has 4 rings (SSSR count). The number of nitrogens with zero attached hydrogens (tertiary/aromatic N) is 2. The molecule has 0 aliphatic heterocycles. The molecule has 1 aliphatic carbocycles. The molecule has 0 atom stereocenters. The molecule has 1 saturated carbocycles. The molecule has 0 bridgehead atoms. The number of aromatic nitrogens is 2. The Morgan fingerprint density at radius 3 is 2.74 bits per heavy atom. The number of hydrogen-bond donors (Lipinski definition) is 1. The lowest BCUT2D eigenvalue weighted by Crippen LogP contribution is -1.97.